The van der Waals surface area contributed by atoms with E-state index >= 15 is 0 Å². The molecule has 0 bridgehead atoms. The van der Waals surface area contributed by atoms with E-state index in [9.17, 15) is 0 Å². The zero-order valence-electron chi connectivity index (χ0n) is 14.4. The van der Waals surface area contributed by atoms with Gasteiger partial charge in [0.05, 0.1) is 6.61 Å². The van der Waals surface area contributed by atoms with Crippen LogP contribution in [0.2, 0.25) is 0 Å². The van der Waals surface area contributed by atoms with Gasteiger partial charge >= 0.3 is 0 Å². The molecule has 2 aliphatic heterocycles. The van der Waals surface area contributed by atoms with Gasteiger partial charge in [0.25, 0.3) is 0 Å². The molecule has 124 valence electrons. The average molecular weight is 297 g/mol. The lowest BCUT2D eigenvalue weighted by atomic mass is 9.81. The third-order valence-electron chi connectivity index (χ3n) is 5.29. The minimum absolute atomic E-state index is 0.340. The smallest absolute Gasteiger partial charge is 0.0546 e. The number of hydrogen-bond acceptors (Lipinski definition) is 4. The lowest BCUT2D eigenvalue weighted by Crippen LogP contribution is -2.49. The Bertz CT molecular complexity index is 288. The van der Waals surface area contributed by atoms with Gasteiger partial charge in [0.1, 0.15) is 0 Å². The topological polar surface area (TPSA) is 27.7 Å². The van der Waals surface area contributed by atoms with Crippen molar-refractivity contribution in [2.75, 3.05) is 59.0 Å². The number of likely N-dealkylation sites (tertiary alicyclic amines) is 1. The second-order valence-corrected chi connectivity index (χ2v) is 6.84. The Labute approximate surface area is 131 Å². The van der Waals surface area contributed by atoms with Crippen LogP contribution in [0.4, 0.5) is 0 Å². The molecule has 0 spiro atoms. The molecule has 2 fully saturated rings. The van der Waals surface area contributed by atoms with Gasteiger partial charge in [0.2, 0.25) is 0 Å². The first-order valence-corrected chi connectivity index (χ1v) is 8.98. The van der Waals surface area contributed by atoms with Gasteiger partial charge in [0.15, 0.2) is 0 Å². The fourth-order valence-corrected chi connectivity index (χ4v) is 4.09. The third kappa shape index (κ3) is 4.65. The molecule has 2 aliphatic rings. The molecule has 0 saturated carbocycles. The Morgan fingerprint density at radius 3 is 2.71 bits per heavy atom. The predicted molar refractivity (Wildman–Crippen MR) is 88.8 cm³/mol. The summed E-state index contributed by atoms with van der Waals surface area (Å²) >= 11 is 0. The van der Waals surface area contributed by atoms with E-state index in [-0.39, 0.29) is 0 Å². The number of likely N-dealkylation sites (N-methyl/N-ethyl adjacent to an activating group) is 1. The second-order valence-electron chi connectivity index (χ2n) is 6.84. The highest BCUT2D eigenvalue weighted by molar-refractivity contribution is 4.91. The van der Waals surface area contributed by atoms with Crippen LogP contribution in [0.1, 0.15) is 40.0 Å². The molecule has 0 amide bonds. The van der Waals surface area contributed by atoms with Crippen molar-refractivity contribution in [3.05, 3.63) is 0 Å². The summed E-state index contributed by atoms with van der Waals surface area (Å²) in [7, 11) is 0. The molecule has 2 unspecified atom stereocenters. The summed E-state index contributed by atoms with van der Waals surface area (Å²) in [6.07, 6.45) is 3.87. The van der Waals surface area contributed by atoms with E-state index in [0.717, 1.165) is 32.3 Å². The zero-order valence-corrected chi connectivity index (χ0v) is 14.4. The Morgan fingerprint density at radius 2 is 2.10 bits per heavy atom. The average Bonchev–Trinajstić information content (AvgIpc) is 2.95. The second kappa shape index (κ2) is 8.47. The van der Waals surface area contributed by atoms with Crippen molar-refractivity contribution >= 4 is 0 Å². The lowest BCUT2D eigenvalue weighted by Gasteiger charge is -2.40. The Balaban J connectivity index is 1.89. The molecule has 2 atom stereocenters. The van der Waals surface area contributed by atoms with E-state index in [1.54, 1.807) is 0 Å². The van der Waals surface area contributed by atoms with E-state index in [2.05, 4.69) is 35.9 Å². The first kappa shape index (κ1) is 17.2. The molecule has 2 heterocycles. The molecule has 4 heteroatoms. The van der Waals surface area contributed by atoms with E-state index in [0.29, 0.717) is 5.41 Å². The molecule has 0 radical (unpaired) electrons. The monoisotopic (exact) mass is 297 g/mol. The van der Waals surface area contributed by atoms with Crippen molar-refractivity contribution in [1.29, 1.82) is 0 Å². The predicted octanol–water partition coefficient (Wildman–Crippen LogP) is 1.81. The number of rotatable bonds is 8. The zero-order chi connectivity index (χ0) is 15.1. The molecule has 0 aromatic carbocycles. The number of ether oxygens (including phenoxy) is 1. The maximum atomic E-state index is 5.83. The van der Waals surface area contributed by atoms with Crippen molar-refractivity contribution in [3.8, 4) is 0 Å². The summed E-state index contributed by atoms with van der Waals surface area (Å²) in [5.74, 6) is 0. The van der Waals surface area contributed by atoms with Crippen LogP contribution >= 0.6 is 0 Å². The van der Waals surface area contributed by atoms with Crippen LogP contribution in [0.25, 0.3) is 0 Å². The van der Waals surface area contributed by atoms with Gasteiger partial charge in [-0.15, -0.1) is 0 Å². The molecule has 21 heavy (non-hydrogen) atoms. The van der Waals surface area contributed by atoms with Crippen LogP contribution in [-0.4, -0.2) is 74.9 Å². The van der Waals surface area contributed by atoms with Crippen molar-refractivity contribution in [2.45, 2.75) is 46.1 Å². The highest BCUT2D eigenvalue weighted by atomic mass is 16.5. The molecule has 1 N–H and O–H groups in total. The van der Waals surface area contributed by atoms with E-state index in [4.69, 9.17) is 4.74 Å². The minimum Gasteiger partial charge on any atom is -0.381 e. The normalized spacial score (nSPS) is 31.1. The number of nitrogens with zero attached hydrogens (tertiary/aromatic N) is 2. The van der Waals surface area contributed by atoms with Gasteiger partial charge in [-0.05, 0) is 45.4 Å². The highest BCUT2D eigenvalue weighted by Crippen LogP contribution is 2.31. The van der Waals surface area contributed by atoms with Crippen molar-refractivity contribution < 1.29 is 4.74 Å². The number of hydrogen-bond donors (Lipinski definition) is 1. The van der Waals surface area contributed by atoms with E-state index in [1.165, 1.54) is 52.0 Å². The Hall–Kier alpha value is -0.160. The molecule has 0 aromatic heterocycles. The summed E-state index contributed by atoms with van der Waals surface area (Å²) in [4.78, 5) is 5.31. The van der Waals surface area contributed by atoms with Crippen LogP contribution in [0.15, 0.2) is 0 Å². The fourth-order valence-electron chi connectivity index (χ4n) is 4.09. The third-order valence-corrected chi connectivity index (χ3v) is 5.29. The first-order chi connectivity index (χ1) is 10.2. The molecule has 2 saturated heterocycles. The molecule has 0 aliphatic carbocycles. The summed E-state index contributed by atoms with van der Waals surface area (Å²) in [5, 5.41) is 3.57. The number of nitrogens with one attached hydrogen (secondary N) is 1. The van der Waals surface area contributed by atoms with Crippen molar-refractivity contribution in [3.63, 3.8) is 0 Å². The first-order valence-electron chi connectivity index (χ1n) is 8.98. The SMILES string of the molecule is CCNCC1(CN2CCC(N(CC)CC)C2)CCCOC1. The van der Waals surface area contributed by atoms with Gasteiger partial charge in [-0.25, -0.2) is 0 Å². The highest BCUT2D eigenvalue weighted by Gasteiger charge is 2.37. The van der Waals surface area contributed by atoms with E-state index in [1.807, 2.05) is 0 Å². The van der Waals surface area contributed by atoms with Crippen LogP contribution < -0.4 is 5.32 Å². The van der Waals surface area contributed by atoms with Gasteiger partial charge < -0.3 is 15.0 Å². The Kier molecular flexibility index (Phi) is 6.93. The molecule has 4 nitrogen and oxygen atoms in total. The van der Waals surface area contributed by atoms with Crippen LogP contribution in [0, 0.1) is 5.41 Å². The Morgan fingerprint density at radius 1 is 1.29 bits per heavy atom. The van der Waals surface area contributed by atoms with Gasteiger partial charge in [0, 0.05) is 37.7 Å². The maximum absolute atomic E-state index is 5.83. The van der Waals surface area contributed by atoms with E-state index < -0.39 is 0 Å². The minimum atomic E-state index is 0.340. The molecule has 2 rings (SSSR count). The van der Waals surface area contributed by atoms with Crippen LogP contribution in [0.5, 0.6) is 0 Å². The standard InChI is InChI=1S/C17H35N3O/c1-4-18-13-17(9-7-11-21-15-17)14-19-10-8-16(12-19)20(5-2)6-3/h16,18H,4-15H2,1-3H3. The molecule has 0 aromatic rings. The molecular formula is C17H35N3O. The molecular weight excluding hydrogens is 262 g/mol. The van der Waals surface area contributed by atoms with Gasteiger partial charge in [-0.2, -0.15) is 0 Å². The fraction of sp³-hybridized carbons (Fsp3) is 1.00. The summed E-state index contributed by atoms with van der Waals surface area (Å²) < 4.78 is 5.83. The maximum Gasteiger partial charge on any atom is 0.0546 e. The summed E-state index contributed by atoms with van der Waals surface area (Å²) in [6, 6.07) is 0.765. The lowest BCUT2D eigenvalue weighted by molar-refractivity contribution is -0.0236. The van der Waals surface area contributed by atoms with Gasteiger partial charge in [-0.1, -0.05) is 20.8 Å². The van der Waals surface area contributed by atoms with Crippen molar-refractivity contribution in [1.82, 2.24) is 15.1 Å². The summed E-state index contributed by atoms with van der Waals surface area (Å²) in [6.45, 7) is 16.9. The quantitative estimate of drug-likeness (QED) is 0.739. The van der Waals surface area contributed by atoms with Crippen molar-refractivity contribution in [2.24, 2.45) is 5.41 Å². The van der Waals surface area contributed by atoms with Gasteiger partial charge in [-0.3, -0.25) is 4.90 Å². The summed E-state index contributed by atoms with van der Waals surface area (Å²) in [5.41, 5.74) is 0.340. The van der Waals surface area contributed by atoms with Crippen LogP contribution in [0.3, 0.4) is 0 Å². The largest absolute Gasteiger partial charge is 0.381 e. The van der Waals surface area contributed by atoms with Crippen LogP contribution in [-0.2, 0) is 4.74 Å².